The third-order valence-corrected chi connectivity index (χ3v) is 2.95. The van der Waals surface area contributed by atoms with Gasteiger partial charge in [0.25, 0.3) is 0 Å². The SMILES string of the molecule is Cc1ccc(NC(=S)c2ccc(O)cc2O)c(O)c1. The average molecular weight is 275 g/mol. The van der Waals surface area contributed by atoms with Crippen LogP contribution in [0.3, 0.4) is 0 Å². The normalized spacial score (nSPS) is 10.2. The number of hydrogen-bond acceptors (Lipinski definition) is 4. The van der Waals surface area contributed by atoms with Gasteiger partial charge in [0.05, 0.1) is 11.3 Å². The van der Waals surface area contributed by atoms with E-state index in [4.69, 9.17) is 12.2 Å². The molecule has 0 spiro atoms. The molecule has 2 rings (SSSR count). The lowest BCUT2D eigenvalue weighted by atomic mass is 10.1. The zero-order chi connectivity index (χ0) is 14.0. The molecule has 0 aliphatic carbocycles. The van der Waals surface area contributed by atoms with Crippen LogP contribution in [0, 0.1) is 6.92 Å². The van der Waals surface area contributed by atoms with Gasteiger partial charge in [0, 0.05) is 6.07 Å². The van der Waals surface area contributed by atoms with E-state index >= 15 is 0 Å². The molecular weight excluding hydrogens is 262 g/mol. The van der Waals surface area contributed by atoms with Gasteiger partial charge in [-0.1, -0.05) is 18.3 Å². The first-order valence-electron chi connectivity index (χ1n) is 5.60. The van der Waals surface area contributed by atoms with E-state index in [1.807, 2.05) is 13.0 Å². The first-order valence-corrected chi connectivity index (χ1v) is 6.01. The maximum atomic E-state index is 9.78. The van der Waals surface area contributed by atoms with Crippen molar-refractivity contribution < 1.29 is 15.3 Å². The van der Waals surface area contributed by atoms with E-state index in [1.54, 1.807) is 12.1 Å². The summed E-state index contributed by atoms with van der Waals surface area (Å²) in [6.45, 7) is 1.87. The molecule has 0 aliphatic heterocycles. The van der Waals surface area contributed by atoms with Crippen molar-refractivity contribution in [1.29, 1.82) is 0 Å². The molecule has 0 atom stereocenters. The summed E-state index contributed by atoms with van der Waals surface area (Å²) in [5.74, 6) is -0.0769. The van der Waals surface area contributed by atoms with Crippen LogP contribution in [0.25, 0.3) is 0 Å². The number of phenolic OH excluding ortho intramolecular Hbond substituents is 3. The highest BCUT2D eigenvalue weighted by atomic mass is 32.1. The molecule has 0 unspecified atom stereocenters. The number of benzene rings is 2. The second-order valence-electron chi connectivity index (χ2n) is 4.18. The van der Waals surface area contributed by atoms with Crippen LogP contribution in [-0.4, -0.2) is 20.3 Å². The van der Waals surface area contributed by atoms with Gasteiger partial charge in [0.15, 0.2) is 0 Å². The fraction of sp³-hybridized carbons (Fsp3) is 0.0714. The lowest BCUT2D eigenvalue weighted by Gasteiger charge is -2.11. The van der Waals surface area contributed by atoms with Gasteiger partial charge in [-0.25, -0.2) is 0 Å². The summed E-state index contributed by atoms with van der Waals surface area (Å²) in [5, 5.41) is 31.6. The number of rotatable bonds is 2. The van der Waals surface area contributed by atoms with Crippen LogP contribution >= 0.6 is 12.2 Å². The Kier molecular flexibility index (Phi) is 3.57. The fourth-order valence-electron chi connectivity index (χ4n) is 1.65. The van der Waals surface area contributed by atoms with Gasteiger partial charge in [-0.05, 0) is 36.8 Å². The molecule has 2 aromatic carbocycles. The second-order valence-corrected chi connectivity index (χ2v) is 4.58. The Morgan fingerprint density at radius 2 is 1.74 bits per heavy atom. The molecular formula is C14H13NO3S. The Balaban J connectivity index is 2.25. The van der Waals surface area contributed by atoms with E-state index in [-0.39, 0.29) is 22.2 Å². The van der Waals surface area contributed by atoms with Gasteiger partial charge in [0.1, 0.15) is 22.2 Å². The average Bonchev–Trinajstić information content (AvgIpc) is 2.32. The summed E-state index contributed by atoms with van der Waals surface area (Å²) in [7, 11) is 0. The molecule has 0 aliphatic rings. The number of hydrogen-bond donors (Lipinski definition) is 4. The number of anilines is 1. The third-order valence-electron chi connectivity index (χ3n) is 2.63. The van der Waals surface area contributed by atoms with E-state index < -0.39 is 0 Å². The van der Waals surface area contributed by atoms with Crippen molar-refractivity contribution >= 4 is 22.9 Å². The maximum Gasteiger partial charge on any atom is 0.139 e. The van der Waals surface area contributed by atoms with Crippen molar-refractivity contribution in [3.8, 4) is 17.2 Å². The van der Waals surface area contributed by atoms with Gasteiger partial charge >= 0.3 is 0 Å². The standard InChI is InChI=1S/C14H13NO3S/c1-8-2-5-11(13(18)6-8)15-14(19)10-4-3-9(16)7-12(10)17/h2-7,16-18H,1H3,(H,15,19). The molecule has 4 nitrogen and oxygen atoms in total. The fourth-order valence-corrected chi connectivity index (χ4v) is 1.93. The van der Waals surface area contributed by atoms with Crippen molar-refractivity contribution in [1.82, 2.24) is 0 Å². The van der Waals surface area contributed by atoms with E-state index in [9.17, 15) is 15.3 Å². The van der Waals surface area contributed by atoms with Crippen LogP contribution in [0.4, 0.5) is 5.69 Å². The highest BCUT2D eigenvalue weighted by Crippen LogP contribution is 2.27. The summed E-state index contributed by atoms with van der Waals surface area (Å²) in [6, 6.07) is 9.29. The van der Waals surface area contributed by atoms with Crippen LogP contribution < -0.4 is 5.32 Å². The van der Waals surface area contributed by atoms with Crippen molar-refractivity contribution in [2.24, 2.45) is 0 Å². The molecule has 0 radical (unpaired) electrons. The topological polar surface area (TPSA) is 72.7 Å². The zero-order valence-corrected chi connectivity index (χ0v) is 11.0. The number of aryl methyl sites for hydroxylation is 1. The minimum absolute atomic E-state index is 0.0396. The molecule has 0 amide bonds. The van der Waals surface area contributed by atoms with Crippen LogP contribution in [0.1, 0.15) is 11.1 Å². The van der Waals surface area contributed by atoms with E-state index in [1.165, 1.54) is 18.2 Å². The van der Waals surface area contributed by atoms with Crippen molar-refractivity contribution in [3.63, 3.8) is 0 Å². The molecule has 0 heterocycles. The number of nitrogens with one attached hydrogen (secondary N) is 1. The lowest BCUT2D eigenvalue weighted by Crippen LogP contribution is -2.10. The summed E-state index contributed by atoms with van der Waals surface area (Å²) in [5.41, 5.74) is 1.78. The molecule has 2 aromatic rings. The summed E-state index contributed by atoms with van der Waals surface area (Å²) < 4.78 is 0. The smallest absolute Gasteiger partial charge is 0.139 e. The minimum atomic E-state index is -0.121. The highest BCUT2D eigenvalue weighted by Gasteiger charge is 2.10. The maximum absolute atomic E-state index is 9.78. The Morgan fingerprint density at radius 1 is 1.00 bits per heavy atom. The lowest BCUT2D eigenvalue weighted by molar-refractivity contribution is 0.450. The monoisotopic (exact) mass is 275 g/mol. The van der Waals surface area contributed by atoms with E-state index in [2.05, 4.69) is 5.32 Å². The van der Waals surface area contributed by atoms with Crippen molar-refractivity contribution in [2.45, 2.75) is 6.92 Å². The summed E-state index contributed by atoms with van der Waals surface area (Å²) in [6.07, 6.45) is 0. The second kappa shape index (κ2) is 5.16. The number of thiocarbonyl (C=S) groups is 1. The Labute approximate surface area is 116 Å². The van der Waals surface area contributed by atoms with Crippen LogP contribution in [0.15, 0.2) is 36.4 Å². The largest absolute Gasteiger partial charge is 0.508 e. The van der Waals surface area contributed by atoms with E-state index in [0.29, 0.717) is 11.3 Å². The van der Waals surface area contributed by atoms with Gasteiger partial charge in [-0.2, -0.15) is 0 Å². The molecule has 0 saturated carbocycles. The molecule has 19 heavy (non-hydrogen) atoms. The zero-order valence-electron chi connectivity index (χ0n) is 10.2. The molecule has 5 heteroatoms. The summed E-state index contributed by atoms with van der Waals surface area (Å²) >= 11 is 5.16. The predicted molar refractivity (Wildman–Crippen MR) is 77.9 cm³/mol. The minimum Gasteiger partial charge on any atom is -0.508 e. The molecule has 0 aromatic heterocycles. The molecule has 0 saturated heterocycles. The first-order chi connectivity index (χ1) is 8.97. The molecule has 0 fully saturated rings. The predicted octanol–water partition coefficient (Wildman–Crippen LogP) is 2.90. The van der Waals surface area contributed by atoms with Crippen LogP contribution in [0.2, 0.25) is 0 Å². The third kappa shape index (κ3) is 2.95. The Bertz CT molecular complexity index is 641. The highest BCUT2D eigenvalue weighted by molar-refractivity contribution is 7.81. The van der Waals surface area contributed by atoms with Crippen LogP contribution in [0.5, 0.6) is 17.2 Å². The van der Waals surface area contributed by atoms with Gasteiger partial charge < -0.3 is 20.6 Å². The van der Waals surface area contributed by atoms with Crippen molar-refractivity contribution in [2.75, 3.05) is 5.32 Å². The molecule has 0 bridgehead atoms. The van der Waals surface area contributed by atoms with Gasteiger partial charge in [-0.3, -0.25) is 0 Å². The number of phenols is 3. The molecule has 98 valence electrons. The number of aromatic hydroxyl groups is 3. The Morgan fingerprint density at radius 3 is 2.37 bits per heavy atom. The van der Waals surface area contributed by atoms with Crippen LogP contribution in [-0.2, 0) is 0 Å². The van der Waals surface area contributed by atoms with Crippen molar-refractivity contribution in [3.05, 3.63) is 47.5 Å². The van der Waals surface area contributed by atoms with Gasteiger partial charge in [0.2, 0.25) is 0 Å². The quantitative estimate of drug-likeness (QED) is 0.501. The molecule has 4 N–H and O–H groups in total. The first kappa shape index (κ1) is 13.2. The summed E-state index contributed by atoms with van der Waals surface area (Å²) in [4.78, 5) is 0.261. The van der Waals surface area contributed by atoms with E-state index in [0.717, 1.165) is 5.56 Å². The van der Waals surface area contributed by atoms with Gasteiger partial charge in [-0.15, -0.1) is 0 Å². The Hall–Kier alpha value is -2.27.